The van der Waals surface area contributed by atoms with Gasteiger partial charge in [0, 0.05) is 0 Å². The average Bonchev–Trinajstić information content (AvgIpc) is 2.61. The Labute approximate surface area is 113 Å². The lowest BCUT2D eigenvalue weighted by molar-refractivity contribution is 0.0635. The van der Waals surface area contributed by atoms with Gasteiger partial charge in [0.2, 0.25) is 0 Å². The molecular weight excluding hydrogens is 270 g/mol. The Morgan fingerprint density at radius 3 is 2.94 bits per heavy atom. The molecule has 0 aliphatic rings. The number of rotatable bonds is 1. The lowest BCUT2D eigenvalue weighted by atomic mass is 10.2. The molecule has 7 heteroatoms. The van der Waals surface area contributed by atoms with Gasteiger partial charge in [-0.25, -0.2) is 9.78 Å². The van der Waals surface area contributed by atoms with E-state index in [0.29, 0.717) is 10.6 Å². The Kier molecular flexibility index (Phi) is 3.36. The summed E-state index contributed by atoms with van der Waals surface area (Å²) in [5.41, 5.74) is -0.540. The number of carbonyl (C=O) groups is 1. The summed E-state index contributed by atoms with van der Waals surface area (Å²) in [6.07, 6.45) is -0.521. The van der Waals surface area contributed by atoms with Crippen LogP contribution in [0.5, 0.6) is 0 Å². The maximum Gasteiger partial charge on any atom is 0.413 e. The highest BCUT2D eigenvalue weighted by Crippen LogP contribution is 2.24. The normalized spacial score (nSPS) is 11.5. The van der Waals surface area contributed by atoms with Crippen LogP contribution in [-0.4, -0.2) is 21.7 Å². The minimum Gasteiger partial charge on any atom is -0.444 e. The molecule has 2 N–H and O–H groups in total. The second kappa shape index (κ2) is 4.66. The molecule has 0 unspecified atom stereocenters. The highest BCUT2D eigenvalue weighted by molar-refractivity contribution is 7.71. The molecular formula is C11H13N3O2S2. The van der Waals surface area contributed by atoms with Crippen LogP contribution in [0.2, 0.25) is 0 Å². The number of nitrogens with zero attached hydrogens (tertiary/aromatic N) is 1. The maximum absolute atomic E-state index is 11.7. The van der Waals surface area contributed by atoms with Gasteiger partial charge in [0.15, 0.2) is 4.77 Å². The fourth-order valence-electron chi connectivity index (χ4n) is 1.38. The second-order valence-electron chi connectivity index (χ2n) is 4.68. The molecule has 0 radical (unpaired) electrons. The van der Waals surface area contributed by atoms with E-state index in [0.717, 1.165) is 10.2 Å². The van der Waals surface area contributed by atoms with Crippen LogP contribution in [0.4, 0.5) is 10.6 Å². The summed E-state index contributed by atoms with van der Waals surface area (Å²) < 4.78 is 5.52. The van der Waals surface area contributed by atoms with Crippen LogP contribution in [0, 0.1) is 4.77 Å². The molecule has 0 aromatic carbocycles. The molecule has 96 valence electrons. The first kappa shape index (κ1) is 13.0. The smallest absolute Gasteiger partial charge is 0.413 e. The highest BCUT2D eigenvalue weighted by Gasteiger charge is 2.17. The van der Waals surface area contributed by atoms with E-state index in [9.17, 15) is 4.79 Å². The van der Waals surface area contributed by atoms with Crippen LogP contribution in [0.1, 0.15) is 20.8 Å². The fraction of sp³-hybridized carbons (Fsp3) is 0.364. The van der Waals surface area contributed by atoms with Gasteiger partial charge in [0.05, 0.1) is 5.39 Å². The third-order valence-electron chi connectivity index (χ3n) is 1.98. The second-order valence-corrected chi connectivity index (χ2v) is 5.96. The summed E-state index contributed by atoms with van der Waals surface area (Å²) in [5.74, 6) is 0.514. The number of carbonyl (C=O) groups excluding carboxylic acids is 1. The van der Waals surface area contributed by atoms with Crippen LogP contribution >= 0.6 is 23.6 Å². The number of hydrogen-bond donors (Lipinski definition) is 2. The molecule has 2 heterocycles. The lowest BCUT2D eigenvalue weighted by Crippen LogP contribution is -2.27. The van der Waals surface area contributed by atoms with Crippen molar-refractivity contribution in [3.8, 4) is 0 Å². The Morgan fingerprint density at radius 1 is 1.56 bits per heavy atom. The third kappa shape index (κ3) is 3.05. The van der Waals surface area contributed by atoms with Crippen LogP contribution in [0.15, 0.2) is 11.4 Å². The number of aromatic amines is 1. The zero-order valence-electron chi connectivity index (χ0n) is 10.2. The van der Waals surface area contributed by atoms with E-state index in [4.69, 9.17) is 17.0 Å². The van der Waals surface area contributed by atoms with Gasteiger partial charge >= 0.3 is 6.09 Å². The predicted octanol–water partition coefficient (Wildman–Crippen LogP) is 3.70. The van der Waals surface area contributed by atoms with Crippen molar-refractivity contribution in [1.82, 2.24) is 9.97 Å². The average molecular weight is 283 g/mol. The molecule has 1 amide bonds. The van der Waals surface area contributed by atoms with Crippen molar-refractivity contribution < 1.29 is 9.53 Å². The Bertz CT molecular complexity index is 640. The topological polar surface area (TPSA) is 67.0 Å². The quantitative estimate of drug-likeness (QED) is 0.783. The first-order valence-corrected chi connectivity index (χ1v) is 6.61. The van der Waals surface area contributed by atoms with E-state index < -0.39 is 11.7 Å². The van der Waals surface area contributed by atoms with Gasteiger partial charge in [-0.05, 0) is 44.4 Å². The van der Waals surface area contributed by atoms with Crippen molar-refractivity contribution in [1.29, 1.82) is 0 Å². The van der Waals surface area contributed by atoms with Crippen molar-refractivity contribution >= 4 is 45.7 Å². The van der Waals surface area contributed by atoms with Crippen LogP contribution in [-0.2, 0) is 4.74 Å². The minimum absolute atomic E-state index is 0.330. The van der Waals surface area contributed by atoms with Gasteiger partial charge < -0.3 is 9.72 Å². The summed E-state index contributed by atoms with van der Waals surface area (Å²) >= 11 is 6.47. The Balaban J connectivity index is 2.29. The van der Waals surface area contributed by atoms with E-state index in [-0.39, 0.29) is 0 Å². The van der Waals surface area contributed by atoms with Crippen molar-refractivity contribution in [2.75, 3.05) is 5.32 Å². The standard InChI is InChI=1S/C11H13N3O2S2/c1-11(2,3)16-10(15)13-7-6-4-5-18-8(6)14-9(17)12-7/h4-5H,1-3H3,(H2,12,13,14,15,17). The summed E-state index contributed by atoms with van der Waals surface area (Å²) in [5, 5.41) is 5.36. The summed E-state index contributed by atoms with van der Waals surface area (Å²) in [4.78, 5) is 19.5. The van der Waals surface area contributed by atoms with Gasteiger partial charge in [0.1, 0.15) is 16.2 Å². The number of amides is 1. The molecule has 0 aliphatic carbocycles. The highest BCUT2D eigenvalue weighted by atomic mass is 32.1. The van der Waals surface area contributed by atoms with E-state index in [1.165, 1.54) is 11.3 Å². The summed E-state index contributed by atoms with van der Waals surface area (Å²) in [6.45, 7) is 5.42. The van der Waals surface area contributed by atoms with E-state index in [1.807, 2.05) is 32.2 Å². The van der Waals surface area contributed by atoms with Gasteiger partial charge in [-0.15, -0.1) is 11.3 Å². The number of thiophene rings is 1. The molecule has 0 bridgehead atoms. The maximum atomic E-state index is 11.7. The molecule has 2 rings (SSSR count). The number of nitrogens with one attached hydrogen (secondary N) is 2. The zero-order chi connectivity index (χ0) is 13.3. The molecule has 0 atom stereocenters. The Morgan fingerprint density at radius 2 is 2.28 bits per heavy atom. The van der Waals surface area contributed by atoms with Gasteiger partial charge in [-0.1, -0.05) is 0 Å². The molecule has 2 aromatic rings. The van der Waals surface area contributed by atoms with Gasteiger partial charge in [0.25, 0.3) is 0 Å². The van der Waals surface area contributed by atoms with Crippen molar-refractivity contribution in [3.05, 3.63) is 16.2 Å². The largest absolute Gasteiger partial charge is 0.444 e. The molecule has 5 nitrogen and oxygen atoms in total. The monoisotopic (exact) mass is 283 g/mol. The minimum atomic E-state index is -0.540. The van der Waals surface area contributed by atoms with E-state index >= 15 is 0 Å². The van der Waals surface area contributed by atoms with Gasteiger partial charge in [-0.2, -0.15) is 0 Å². The van der Waals surface area contributed by atoms with E-state index in [2.05, 4.69) is 15.3 Å². The zero-order valence-corrected chi connectivity index (χ0v) is 11.9. The van der Waals surface area contributed by atoms with Crippen LogP contribution < -0.4 is 5.32 Å². The summed E-state index contributed by atoms with van der Waals surface area (Å²) in [6, 6.07) is 1.87. The van der Waals surface area contributed by atoms with Crippen molar-refractivity contribution in [2.24, 2.45) is 0 Å². The number of ether oxygens (including phenoxy) is 1. The van der Waals surface area contributed by atoms with Crippen molar-refractivity contribution in [3.63, 3.8) is 0 Å². The fourth-order valence-corrected chi connectivity index (χ4v) is 2.40. The first-order valence-electron chi connectivity index (χ1n) is 5.33. The predicted molar refractivity (Wildman–Crippen MR) is 74.7 cm³/mol. The first-order chi connectivity index (χ1) is 8.35. The Hall–Kier alpha value is -1.47. The molecule has 0 fully saturated rings. The molecule has 0 saturated heterocycles. The number of fused-ring (bicyclic) bond motifs is 1. The van der Waals surface area contributed by atoms with Gasteiger partial charge in [-0.3, -0.25) is 5.32 Å². The van der Waals surface area contributed by atoms with Crippen molar-refractivity contribution in [2.45, 2.75) is 26.4 Å². The SMILES string of the molecule is CC(C)(C)OC(=O)Nc1[nH]c(=S)nc2sccc12. The number of H-pyrrole nitrogens is 1. The lowest BCUT2D eigenvalue weighted by Gasteiger charge is -2.19. The molecule has 2 aromatic heterocycles. The summed E-state index contributed by atoms with van der Waals surface area (Å²) in [7, 11) is 0. The van der Waals surface area contributed by atoms with Crippen LogP contribution in [0.3, 0.4) is 0 Å². The van der Waals surface area contributed by atoms with Crippen LogP contribution in [0.25, 0.3) is 10.2 Å². The number of anilines is 1. The molecule has 0 spiro atoms. The third-order valence-corrected chi connectivity index (χ3v) is 2.98. The number of aromatic nitrogens is 2. The van der Waals surface area contributed by atoms with E-state index in [1.54, 1.807) is 0 Å². The number of hydrogen-bond acceptors (Lipinski definition) is 5. The molecule has 18 heavy (non-hydrogen) atoms. The molecule has 0 saturated carbocycles. The molecule has 0 aliphatic heterocycles.